The number of carbonyl (C=O) groups excluding carboxylic acids is 2. The summed E-state index contributed by atoms with van der Waals surface area (Å²) >= 11 is 0. The molecule has 1 aromatic rings. The molecule has 3 saturated heterocycles. The summed E-state index contributed by atoms with van der Waals surface area (Å²) in [5.41, 5.74) is 1.83. The van der Waals surface area contributed by atoms with Crippen molar-refractivity contribution in [3.63, 3.8) is 0 Å². The number of unbranched alkanes of at least 4 members (excludes halogenated alkanes) is 1. The van der Waals surface area contributed by atoms with Gasteiger partial charge in [-0.25, -0.2) is 14.8 Å². The first kappa shape index (κ1) is 31.2. The van der Waals surface area contributed by atoms with Crippen molar-refractivity contribution in [2.24, 2.45) is 11.8 Å². The largest absolute Gasteiger partial charge is 0.442 e. The van der Waals surface area contributed by atoms with Crippen LogP contribution in [0.25, 0.3) is 0 Å². The van der Waals surface area contributed by atoms with Crippen LogP contribution in [0, 0.1) is 25.7 Å². The first-order valence-electron chi connectivity index (χ1n) is 16.5. The number of piperidine rings is 2. The van der Waals surface area contributed by atoms with Gasteiger partial charge in [-0.3, -0.25) is 9.69 Å². The van der Waals surface area contributed by atoms with Gasteiger partial charge >= 0.3 is 6.09 Å². The SMILES string of the molecule is CCCCC1CN(C[C@@H]2CCC[C@@H](OC)C2)C(=O)OC12CCN(C1(C)CCN(C(=O)c3c(C)ncnc3C)CC1)CC2. The van der Waals surface area contributed by atoms with Crippen molar-refractivity contribution in [2.75, 3.05) is 46.4 Å². The standard InChI is InChI=1S/C33H53N5O4/c1-6-7-10-27-22-37(21-26-9-8-11-28(20-26)41-5)31(40)42-33(27)14-18-38(19-15-33)32(4)12-16-36(17-13-32)30(39)29-24(2)34-23-35-25(29)3/h23,26-28H,6-22H2,1-5H3/t26-,27?,28-/m1/s1. The quantitative estimate of drug-likeness (QED) is 0.406. The summed E-state index contributed by atoms with van der Waals surface area (Å²) in [4.78, 5) is 41.9. The average molecular weight is 584 g/mol. The highest BCUT2D eigenvalue weighted by atomic mass is 16.6. The Labute approximate surface area is 252 Å². The third-order valence-corrected chi connectivity index (χ3v) is 11.1. The van der Waals surface area contributed by atoms with Crippen LogP contribution in [0.2, 0.25) is 0 Å². The molecule has 3 aliphatic heterocycles. The molecule has 4 heterocycles. The Kier molecular flexibility index (Phi) is 9.77. The maximum absolute atomic E-state index is 13.4. The molecule has 1 spiro atoms. The molecular formula is C33H53N5O4. The number of aryl methyl sites for hydroxylation is 2. The highest BCUT2D eigenvalue weighted by molar-refractivity contribution is 5.96. The molecular weight excluding hydrogens is 530 g/mol. The smallest absolute Gasteiger partial charge is 0.410 e. The molecule has 5 rings (SSSR count). The van der Waals surface area contributed by atoms with Crippen LogP contribution in [0.5, 0.6) is 0 Å². The number of hydrogen-bond donors (Lipinski definition) is 0. The summed E-state index contributed by atoms with van der Waals surface area (Å²) in [6.45, 7) is 13.3. The Bertz CT molecular complexity index is 1080. The summed E-state index contributed by atoms with van der Waals surface area (Å²) in [6.07, 6.45) is 13.4. The second-order valence-corrected chi connectivity index (χ2v) is 13.8. The van der Waals surface area contributed by atoms with E-state index in [4.69, 9.17) is 9.47 Å². The Morgan fingerprint density at radius 2 is 1.76 bits per heavy atom. The summed E-state index contributed by atoms with van der Waals surface area (Å²) in [6, 6.07) is 0. The normalized spacial score (nSPS) is 28.1. The molecule has 0 radical (unpaired) electrons. The van der Waals surface area contributed by atoms with E-state index < -0.39 is 0 Å². The number of likely N-dealkylation sites (tertiary alicyclic amines) is 2. The zero-order chi connectivity index (χ0) is 29.9. The van der Waals surface area contributed by atoms with Crippen LogP contribution >= 0.6 is 0 Å². The van der Waals surface area contributed by atoms with E-state index in [0.717, 1.165) is 102 Å². The van der Waals surface area contributed by atoms with Crippen molar-refractivity contribution in [1.29, 1.82) is 0 Å². The lowest BCUT2D eigenvalue weighted by Crippen LogP contribution is -2.64. The topological polar surface area (TPSA) is 88.1 Å². The van der Waals surface area contributed by atoms with Crippen LogP contribution in [0.3, 0.4) is 0 Å². The van der Waals surface area contributed by atoms with Crippen molar-refractivity contribution in [3.8, 4) is 0 Å². The zero-order valence-electron chi connectivity index (χ0n) is 26.7. The number of nitrogens with zero attached hydrogens (tertiary/aromatic N) is 5. The van der Waals surface area contributed by atoms with Crippen molar-refractivity contribution in [3.05, 3.63) is 23.3 Å². The first-order chi connectivity index (χ1) is 20.2. The lowest BCUT2D eigenvalue weighted by Gasteiger charge is -2.55. The Hall–Kier alpha value is -2.26. The second-order valence-electron chi connectivity index (χ2n) is 13.8. The molecule has 234 valence electrons. The van der Waals surface area contributed by atoms with Gasteiger partial charge in [0.15, 0.2) is 0 Å². The van der Waals surface area contributed by atoms with Crippen LogP contribution in [0.4, 0.5) is 4.79 Å². The van der Waals surface area contributed by atoms with Gasteiger partial charge in [-0.2, -0.15) is 0 Å². The average Bonchev–Trinajstić information content (AvgIpc) is 2.98. The van der Waals surface area contributed by atoms with Gasteiger partial charge in [0.2, 0.25) is 0 Å². The molecule has 9 nitrogen and oxygen atoms in total. The number of carbonyl (C=O) groups is 2. The molecule has 4 fully saturated rings. The predicted molar refractivity (Wildman–Crippen MR) is 162 cm³/mol. The number of amides is 2. The van der Waals surface area contributed by atoms with E-state index in [2.05, 4.69) is 28.7 Å². The van der Waals surface area contributed by atoms with E-state index >= 15 is 0 Å². The number of aromatic nitrogens is 2. The van der Waals surface area contributed by atoms with Gasteiger partial charge < -0.3 is 19.3 Å². The molecule has 0 N–H and O–H groups in total. The van der Waals surface area contributed by atoms with Crippen LogP contribution in [0.1, 0.15) is 106 Å². The van der Waals surface area contributed by atoms with E-state index in [1.807, 2.05) is 30.8 Å². The summed E-state index contributed by atoms with van der Waals surface area (Å²) < 4.78 is 12.1. The van der Waals surface area contributed by atoms with Gasteiger partial charge in [0.1, 0.15) is 11.9 Å². The molecule has 1 unspecified atom stereocenters. The van der Waals surface area contributed by atoms with Gasteiger partial charge in [0.25, 0.3) is 5.91 Å². The van der Waals surface area contributed by atoms with E-state index in [-0.39, 0.29) is 23.1 Å². The van der Waals surface area contributed by atoms with E-state index in [1.54, 1.807) is 0 Å². The van der Waals surface area contributed by atoms with E-state index in [0.29, 0.717) is 23.5 Å². The first-order valence-corrected chi connectivity index (χ1v) is 16.5. The lowest BCUT2D eigenvalue weighted by atomic mass is 9.74. The summed E-state index contributed by atoms with van der Waals surface area (Å²) in [5, 5.41) is 0. The van der Waals surface area contributed by atoms with Gasteiger partial charge in [0, 0.05) is 70.7 Å². The predicted octanol–water partition coefficient (Wildman–Crippen LogP) is 5.39. The number of rotatable bonds is 8. The minimum atomic E-state index is -0.351. The summed E-state index contributed by atoms with van der Waals surface area (Å²) in [5.74, 6) is 0.929. The van der Waals surface area contributed by atoms with Crippen LogP contribution in [-0.2, 0) is 9.47 Å². The fourth-order valence-corrected chi connectivity index (χ4v) is 8.22. The van der Waals surface area contributed by atoms with Crippen LogP contribution < -0.4 is 0 Å². The molecule has 9 heteroatoms. The number of ether oxygens (including phenoxy) is 2. The van der Waals surface area contributed by atoms with Gasteiger partial charge in [-0.1, -0.05) is 26.2 Å². The molecule has 1 aromatic heterocycles. The molecule has 0 aromatic carbocycles. The monoisotopic (exact) mass is 583 g/mol. The van der Waals surface area contributed by atoms with Crippen molar-refractivity contribution >= 4 is 12.0 Å². The zero-order valence-corrected chi connectivity index (χ0v) is 26.7. The molecule has 3 atom stereocenters. The highest BCUT2D eigenvalue weighted by Crippen LogP contribution is 2.44. The fourth-order valence-electron chi connectivity index (χ4n) is 8.22. The third-order valence-electron chi connectivity index (χ3n) is 11.1. The van der Waals surface area contributed by atoms with Crippen LogP contribution in [-0.4, -0.2) is 100 Å². The molecule has 4 aliphatic rings. The maximum Gasteiger partial charge on any atom is 0.410 e. The molecule has 1 saturated carbocycles. The van der Waals surface area contributed by atoms with Gasteiger partial charge in [-0.05, 0) is 65.2 Å². The van der Waals surface area contributed by atoms with Crippen molar-refractivity contribution < 1.29 is 19.1 Å². The maximum atomic E-state index is 13.4. The second kappa shape index (κ2) is 13.2. The van der Waals surface area contributed by atoms with Gasteiger partial charge in [0.05, 0.1) is 23.1 Å². The Balaban J connectivity index is 1.19. The lowest BCUT2D eigenvalue weighted by molar-refractivity contribution is -0.135. The minimum absolute atomic E-state index is 0.0398. The van der Waals surface area contributed by atoms with Gasteiger partial charge in [-0.15, -0.1) is 0 Å². The molecule has 1 aliphatic carbocycles. The highest BCUT2D eigenvalue weighted by Gasteiger charge is 2.51. The number of methoxy groups -OCH3 is 1. The Morgan fingerprint density at radius 1 is 1.07 bits per heavy atom. The van der Waals surface area contributed by atoms with Crippen molar-refractivity contribution in [2.45, 2.75) is 116 Å². The fraction of sp³-hybridized carbons (Fsp3) is 0.818. The molecule has 2 amide bonds. The minimum Gasteiger partial charge on any atom is -0.442 e. The summed E-state index contributed by atoms with van der Waals surface area (Å²) in [7, 11) is 1.81. The molecule has 0 bridgehead atoms. The van der Waals surface area contributed by atoms with Crippen molar-refractivity contribution in [1.82, 2.24) is 24.7 Å². The third kappa shape index (κ3) is 6.47. The number of hydrogen-bond acceptors (Lipinski definition) is 7. The van der Waals surface area contributed by atoms with Crippen LogP contribution in [0.15, 0.2) is 6.33 Å². The Morgan fingerprint density at radius 3 is 2.40 bits per heavy atom. The molecule has 42 heavy (non-hydrogen) atoms. The van der Waals surface area contributed by atoms with E-state index in [9.17, 15) is 9.59 Å². The van der Waals surface area contributed by atoms with E-state index in [1.165, 1.54) is 25.6 Å².